The molecule has 184 valence electrons. The molecule has 4 rings (SSSR count). The van der Waals surface area contributed by atoms with Crippen LogP contribution >= 0.6 is 0 Å². The van der Waals surface area contributed by atoms with E-state index in [4.69, 9.17) is 14.2 Å². The van der Waals surface area contributed by atoms with E-state index >= 15 is 0 Å². The van der Waals surface area contributed by atoms with Crippen LogP contribution in [-0.4, -0.2) is 26.3 Å². The monoisotopic (exact) mass is 488 g/mol. The van der Waals surface area contributed by atoms with Gasteiger partial charge in [-0.2, -0.15) is 4.39 Å². The average molecular weight is 488 g/mol. The molecular formula is C27H24F4O4. The van der Waals surface area contributed by atoms with Gasteiger partial charge >= 0.3 is 5.97 Å². The molecule has 3 aromatic rings. The van der Waals surface area contributed by atoms with E-state index in [0.29, 0.717) is 18.4 Å². The van der Waals surface area contributed by atoms with Gasteiger partial charge in [0.2, 0.25) is 5.82 Å². The Balaban J connectivity index is 1.48. The topological polar surface area (TPSA) is 44.8 Å². The van der Waals surface area contributed by atoms with E-state index in [1.165, 1.54) is 55.6 Å². The summed E-state index contributed by atoms with van der Waals surface area (Å²) in [6, 6.07) is 10.9. The van der Waals surface area contributed by atoms with Gasteiger partial charge in [0.1, 0.15) is 5.75 Å². The summed E-state index contributed by atoms with van der Waals surface area (Å²) in [6.45, 7) is 0. The molecule has 0 bridgehead atoms. The predicted octanol–water partition coefficient (Wildman–Crippen LogP) is 6.81. The molecule has 0 heterocycles. The van der Waals surface area contributed by atoms with Crippen LogP contribution in [0, 0.1) is 23.3 Å². The smallest absolute Gasteiger partial charge is 0.346 e. The van der Waals surface area contributed by atoms with Crippen LogP contribution in [0.1, 0.15) is 47.5 Å². The summed E-state index contributed by atoms with van der Waals surface area (Å²) >= 11 is 0. The number of halogens is 4. The van der Waals surface area contributed by atoms with Crippen molar-refractivity contribution in [3.05, 3.63) is 82.9 Å². The molecular weight excluding hydrogens is 464 g/mol. The van der Waals surface area contributed by atoms with E-state index in [-0.39, 0.29) is 34.6 Å². The van der Waals surface area contributed by atoms with Crippen LogP contribution < -0.4 is 9.47 Å². The van der Waals surface area contributed by atoms with Crippen LogP contribution in [0.5, 0.6) is 11.5 Å². The maximum absolute atomic E-state index is 14.8. The lowest BCUT2D eigenvalue weighted by Gasteiger charge is -2.28. The second-order valence-corrected chi connectivity index (χ2v) is 8.40. The highest BCUT2D eigenvalue weighted by Crippen LogP contribution is 2.36. The number of carbonyl (C=O) groups excluding carboxylic acids is 1. The Bertz CT molecular complexity index is 1220. The SMILES string of the molecule is COc1ccc(-c2ccc(OC(=O)c3ccc(C4CCC(OC)CC4)c(F)c3F)cc2)c(F)c1F. The van der Waals surface area contributed by atoms with Crippen molar-refractivity contribution in [1.82, 2.24) is 0 Å². The highest BCUT2D eigenvalue weighted by atomic mass is 19.2. The van der Waals surface area contributed by atoms with Crippen molar-refractivity contribution in [2.75, 3.05) is 14.2 Å². The second-order valence-electron chi connectivity index (χ2n) is 8.40. The summed E-state index contributed by atoms with van der Waals surface area (Å²) in [5.41, 5.74) is 0.0360. The number of hydrogen-bond donors (Lipinski definition) is 0. The fourth-order valence-corrected chi connectivity index (χ4v) is 4.42. The molecule has 3 aromatic carbocycles. The summed E-state index contributed by atoms with van der Waals surface area (Å²) < 4.78 is 73.1. The zero-order valence-corrected chi connectivity index (χ0v) is 19.2. The third-order valence-electron chi connectivity index (χ3n) is 6.42. The van der Waals surface area contributed by atoms with Gasteiger partial charge in [-0.25, -0.2) is 18.0 Å². The van der Waals surface area contributed by atoms with E-state index in [0.717, 1.165) is 12.8 Å². The van der Waals surface area contributed by atoms with E-state index in [9.17, 15) is 22.4 Å². The number of rotatable bonds is 6. The first-order valence-corrected chi connectivity index (χ1v) is 11.2. The maximum atomic E-state index is 14.8. The van der Waals surface area contributed by atoms with Crippen molar-refractivity contribution in [2.45, 2.75) is 37.7 Å². The van der Waals surface area contributed by atoms with Gasteiger partial charge in [0.25, 0.3) is 0 Å². The van der Waals surface area contributed by atoms with Crippen LogP contribution in [0.4, 0.5) is 17.6 Å². The van der Waals surface area contributed by atoms with E-state index in [1.807, 2.05) is 0 Å². The van der Waals surface area contributed by atoms with Crippen molar-refractivity contribution in [2.24, 2.45) is 0 Å². The lowest BCUT2D eigenvalue weighted by Crippen LogP contribution is -2.20. The molecule has 8 heteroatoms. The molecule has 0 atom stereocenters. The van der Waals surface area contributed by atoms with Gasteiger partial charge in [-0.05, 0) is 73.1 Å². The number of hydrogen-bond acceptors (Lipinski definition) is 4. The highest BCUT2D eigenvalue weighted by Gasteiger charge is 2.28. The molecule has 1 aliphatic rings. The summed E-state index contributed by atoms with van der Waals surface area (Å²) in [6.07, 6.45) is 2.98. The second kappa shape index (κ2) is 10.5. The molecule has 1 aliphatic carbocycles. The van der Waals surface area contributed by atoms with E-state index in [1.54, 1.807) is 7.11 Å². The molecule has 0 radical (unpaired) electrons. The summed E-state index contributed by atoms with van der Waals surface area (Å²) in [4.78, 5) is 12.5. The molecule has 0 aliphatic heterocycles. The van der Waals surface area contributed by atoms with Crippen LogP contribution in [0.15, 0.2) is 48.5 Å². The minimum Gasteiger partial charge on any atom is -0.494 e. The van der Waals surface area contributed by atoms with Gasteiger partial charge in [-0.3, -0.25) is 0 Å². The first-order valence-electron chi connectivity index (χ1n) is 11.2. The van der Waals surface area contributed by atoms with Gasteiger partial charge in [0.15, 0.2) is 23.2 Å². The molecule has 0 amide bonds. The van der Waals surface area contributed by atoms with Gasteiger partial charge in [0, 0.05) is 12.7 Å². The highest BCUT2D eigenvalue weighted by molar-refractivity contribution is 5.91. The van der Waals surface area contributed by atoms with Crippen molar-refractivity contribution < 1.29 is 36.6 Å². The molecule has 4 nitrogen and oxygen atoms in total. The summed E-state index contributed by atoms with van der Waals surface area (Å²) in [5.74, 6) is -5.89. The Labute approximate surface area is 200 Å². The van der Waals surface area contributed by atoms with Crippen molar-refractivity contribution in [3.63, 3.8) is 0 Å². The van der Waals surface area contributed by atoms with Crippen LogP contribution in [0.2, 0.25) is 0 Å². The average Bonchev–Trinajstić information content (AvgIpc) is 2.88. The number of methoxy groups -OCH3 is 2. The van der Waals surface area contributed by atoms with Crippen molar-refractivity contribution in [3.8, 4) is 22.6 Å². The van der Waals surface area contributed by atoms with Gasteiger partial charge in [-0.1, -0.05) is 18.2 Å². The van der Waals surface area contributed by atoms with Crippen LogP contribution in [-0.2, 0) is 4.74 Å². The normalized spacial score (nSPS) is 17.8. The first-order chi connectivity index (χ1) is 16.8. The quantitative estimate of drug-likeness (QED) is 0.217. The minimum absolute atomic E-state index is 0.00980. The minimum atomic E-state index is -1.26. The Kier molecular flexibility index (Phi) is 7.40. The molecule has 0 saturated heterocycles. The number of esters is 1. The fourth-order valence-electron chi connectivity index (χ4n) is 4.42. The van der Waals surface area contributed by atoms with Crippen LogP contribution in [0.25, 0.3) is 11.1 Å². The lowest BCUT2D eigenvalue weighted by molar-refractivity contribution is 0.0654. The van der Waals surface area contributed by atoms with Gasteiger partial charge in [0.05, 0.1) is 18.8 Å². The standard InChI is InChI=1S/C27H24F4O4/c1-33-17-7-3-15(4-8-17)19-11-12-21(25(30)23(19)28)27(32)35-18-9-5-16(6-10-18)20-13-14-22(34-2)26(31)24(20)29/h5-6,9-15,17H,3-4,7-8H2,1-2H3. The van der Waals surface area contributed by atoms with Crippen LogP contribution in [0.3, 0.4) is 0 Å². The molecule has 0 aromatic heterocycles. The Morgan fingerprint density at radius 2 is 1.46 bits per heavy atom. The number of ether oxygens (including phenoxy) is 3. The van der Waals surface area contributed by atoms with Gasteiger partial charge < -0.3 is 14.2 Å². The van der Waals surface area contributed by atoms with E-state index < -0.39 is 34.8 Å². The largest absolute Gasteiger partial charge is 0.494 e. The summed E-state index contributed by atoms with van der Waals surface area (Å²) in [7, 11) is 2.87. The van der Waals surface area contributed by atoms with Gasteiger partial charge in [-0.15, -0.1) is 0 Å². The zero-order chi connectivity index (χ0) is 25.1. The zero-order valence-electron chi connectivity index (χ0n) is 19.2. The van der Waals surface area contributed by atoms with Crippen molar-refractivity contribution in [1.29, 1.82) is 0 Å². The third-order valence-corrected chi connectivity index (χ3v) is 6.42. The number of carbonyl (C=O) groups is 1. The Morgan fingerprint density at radius 3 is 2.09 bits per heavy atom. The Morgan fingerprint density at radius 1 is 0.771 bits per heavy atom. The maximum Gasteiger partial charge on any atom is 0.346 e. The molecule has 0 N–H and O–H groups in total. The molecule has 35 heavy (non-hydrogen) atoms. The molecule has 0 spiro atoms. The third kappa shape index (κ3) is 5.03. The molecule has 1 fully saturated rings. The predicted molar refractivity (Wildman–Crippen MR) is 122 cm³/mol. The number of benzene rings is 3. The lowest BCUT2D eigenvalue weighted by atomic mass is 9.82. The van der Waals surface area contributed by atoms with E-state index in [2.05, 4.69) is 0 Å². The summed E-state index contributed by atoms with van der Waals surface area (Å²) in [5, 5.41) is 0. The molecule has 1 saturated carbocycles. The first kappa shape index (κ1) is 24.7. The van der Waals surface area contributed by atoms with Crippen molar-refractivity contribution >= 4 is 5.97 Å². The molecule has 0 unspecified atom stereocenters. The fraction of sp³-hybridized carbons (Fsp3) is 0.296. The Hall–Kier alpha value is -3.39.